The fourth-order valence-corrected chi connectivity index (χ4v) is 3.24. The second-order valence-electron chi connectivity index (χ2n) is 6.17. The van der Waals surface area contributed by atoms with Crippen LogP contribution in [0.1, 0.15) is 5.56 Å². The third-order valence-corrected chi connectivity index (χ3v) is 4.65. The lowest BCUT2D eigenvalue weighted by Crippen LogP contribution is -2.36. The SMILES string of the molecule is COc1cccc(C=CC(=O)Nc2cc(Cl)ccc2N2CCOCC2)c1OC. The van der Waals surface area contributed by atoms with Gasteiger partial charge in [0.25, 0.3) is 0 Å². The summed E-state index contributed by atoms with van der Waals surface area (Å²) in [6, 6.07) is 11.0. The Balaban J connectivity index is 1.78. The number of rotatable bonds is 6. The van der Waals surface area contributed by atoms with Crippen LogP contribution in [0, 0.1) is 0 Å². The second-order valence-corrected chi connectivity index (χ2v) is 6.60. The summed E-state index contributed by atoms with van der Waals surface area (Å²) < 4.78 is 16.1. The van der Waals surface area contributed by atoms with Crippen molar-refractivity contribution in [1.82, 2.24) is 0 Å². The van der Waals surface area contributed by atoms with Crippen molar-refractivity contribution in [1.29, 1.82) is 0 Å². The van der Waals surface area contributed by atoms with Crippen LogP contribution in [0.5, 0.6) is 11.5 Å². The van der Waals surface area contributed by atoms with Crippen LogP contribution in [0.3, 0.4) is 0 Å². The number of ether oxygens (including phenoxy) is 3. The minimum absolute atomic E-state index is 0.262. The molecule has 1 N–H and O–H groups in total. The monoisotopic (exact) mass is 402 g/mol. The molecule has 0 aliphatic carbocycles. The van der Waals surface area contributed by atoms with Crippen LogP contribution >= 0.6 is 11.6 Å². The average molecular weight is 403 g/mol. The molecule has 1 saturated heterocycles. The normalized spacial score (nSPS) is 14.2. The number of methoxy groups -OCH3 is 2. The number of halogens is 1. The lowest BCUT2D eigenvalue weighted by Gasteiger charge is -2.30. The molecule has 7 heteroatoms. The molecule has 0 bridgehead atoms. The Morgan fingerprint density at radius 1 is 1.18 bits per heavy atom. The quantitative estimate of drug-likeness (QED) is 0.744. The standard InChI is InChI=1S/C21H23ClN2O4/c1-26-19-5-3-4-15(21(19)27-2)6-9-20(25)23-17-14-16(22)7-8-18(17)24-10-12-28-13-11-24/h3-9,14H,10-13H2,1-2H3,(H,23,25). The fourth-order valence-electron chi connectivity index (χ4n) is 3.07. The van der Waals surface area contributed by atoms with E-state index in [1.165, 1.54) is 6.08 Å². The van der Waals surface area contributed by atoms with Crippen molar-refractivity contribution in [2.75, 3.05) is 50.7 Å². The molecule has 6 nitrogen and oxygen atoms in total. The van der Waals surface area contributed by atoms with E-state index in [0.29, 0.717) is 35.4 Å². The first-order valence-corrected chi connectivity index (χ1v) is 9.32. The topological polar surface area (TPSA) is 60.0 Å². The number of anilines is 2. The predicted molar refractivity (Wildman–Crippen MR) is 112 cm³/mol. The van der Waals surface area contributed by atoms with Gasteiger partial charge in [-0.2, -0.15) is 0 Å². The molecule has 1 fully saturated rings. The Morgan fingerprint density at radius 3 is 2.68 bits per heavy atom. The lowest BCUT2D eigenvalue weighted by atomic mass is 10.1. The van der Waals surface area contributed by atoms with Gasteiger partial charge in [-0.05, 0) is 30.3 Å². The predicted octanol–water partition coefficient (Wildman–Crippen LogP) is 3.85. The summed E-state index contributed by atoms with van der Waals surface area (Å²) in [4.78, 5) is 14.7. The highest BCUT2D eigenvalue weighted by Crippen LogP contribution is 2.32. The molecular weight excluding hydrogens is 380 g/mol. The second kappa shape index (κ2) is 9.48. The Bertz CT molecular complexity index is 863. The molecule has 0 saturated carbocycles. The highest BCUT2D eigenvalue weighted by Gasteiger charge is 2.16. The molecule has 1 aliphatic heterocycles. The third-order valence-electron chi connectivity index (χ3n) is 4.42. The average Bonchev–Trinajstić information content (AvgIpc) is 2.72. The number of hydrogen-bond donors (Lipinski definition) is 1. The number of benzene rings is 2. The number of nitrogens with one attached hydrogen (secondary N) is 1. The van der Waals surface area contributed by atoms with Gasteiger partial charge in [0.2, 0.25) is 5.91 Å². The van der Waals surface area contributed by atoms with Gasteiger partial charge in [0.15, 0.2) is 11.5 Å². The molecule has 0 unspecified atom stereocenters. The van der Waals surface area contributed by atoms with Gasteiger partial charge in [0, 0.05) is 29.8 Å². The molecule has 2 aromatic carbocycles. The maximum absolute atomic E-state index is 12.5. The Morgan fingerprint density at radius 2 is 1.96 bits per heavy atom. The van der Waals surface area contributed by atoms with Gasteiger partial charge in [-0.25, -0.2) is 0 Å². The number of carbonyl (C=O) groups excluding carboxylic acids is 1. The van der Waals surface area contributed by atoms with Gasteiger partial charge in [0.1, 0.15) is 0 Å². The number of amides is 1. The molecular formula is C21H23ClN2O4. The molecule has 0 radical (unpaired) electrons. The smallest absolute Gasteiger partial charge is 0.248 e. The molecule has 2 aromatic rings. The van der Waals surface area contributed by atoms with E-state index in [2.05, 4.69) is 10.2 Å². The molecule has 1 amide bonds. The van der Waals surface area contributed by atoms with Gasteiger partial charge < -0.3 is 24.4 Å². The van der Waals surface area contributed by atoms with Gasteiger partial charge in [-0.15, -0.1) is 0 Å². The van der Waals surface area contributed by atoms with Crippen LogP contribution in [0.15, 0.2) is 42.5 Å². The summed E-state index contributed by atoms with van der Waals surface area (Å²) in [5.74, 6) is 0.918. The van der Waals surface area contributed by atoms with Crippen molar-refractivity contribution < 1.29 is 19.0 Å². The van der Waals surface area contributed by atoms with Crippen molar-refractivity contribution in [3.63, 3.8) is 0 Å². The summed E-state index contributed by atoms with van der Waals surface area (Å²) in [6.07, 6.45) is 3.15. The lowest BCUT2D eigenvalue weighted by molar-refractivity contribution is -0.111. The number of hydrogen-bond acceptors (Lipinski definition) is 5. The first kappa shape index (κ1) is 20.0. The van der Waals surface area contributed by atoms with Gasteiger partial charge in [-0.1, -0.05) is 23.7 Å². The number of morpholine rings is 1. The first-order valence-electron chi connectivity index (χ1n) is 8.94. The highest BCUT2D eigenvalue weighted by molar-refractivity contribution is 6.31. The van der Waals surface area contributed by atoms with Gasteiger partial charge in [0.05, 0.1) is 38.8 Å². The van der Waals surface area contributed by atoms with E-state index in [1.807, 2.05) is 24.3 Å². The number of carbonyl (C=O) groups is 1. The number of para-hydroxylation sites is 1. The molecule has 148 valence electrons. The summed E-state index contributed by atoms with van der Waals surface area (Å²) >= 11 is 6.14. The van der Waals surface area contributed by atoms with E-state index in [0.717, 1.165) is 24.3 Å². The van der Waals surface area contributed by atoms with Crippen molar-refractivity contribution in [2.45, 2.75) is 0 Å². The summed E-state index contributed by atoms with van der Waals surface area (Å²) in [5, 5.41) is 3.48. The van der Waals surface area contributed by atoms with Gasteiger partial charge >= 0.3 is 0 Å². The largest absolute Gasteiger partial charge is 0.493 e. The summed E-state index contributed by atoms with van der Waals surface area (Å²) in [5.41, 5.74) is 2.34. The Labute approximate surface area is 169 Å². The minimum Gasteiger partial charge on any atom is -0.493 e. The van der Waals surface area contributed by atoms with E-state index < -0.39 is 0 Å². The molecule has 0 atom stereocenters. The maximum atomic E-state index is 12.5. The van der Waals surface area contributed by atoms with Crippen LogP contribution in [0.4, 0.5) is 11.4 Å². The van der Waals surface area contributed by atoms with E-state index in [9.17, 15) is 4.79 Å². The minimum atomic E-state index is -0.262. The van der Waals surface area contributed by atoms with Crippen molar-refractivity contribution in [3.8, 4) is 11.5 Å². The Kier molecular flexibility index (Phi) is 6.79. The Hall–Kier alpha value is -2.70. The van der Waals surface area contributed by atoms with E-state index in [4.69, 9.17) is 25.8 Å². The maximum Gasteiger partial charge on any atom is 0.248 e. The molecule has 1 heterocycles. The van der Waals surface area contributed by atoms with E-state index in [1.54, 1.807) is 32.4 Å². The number of nitrogens with zero attached hydrogens (tertiary/aromatic N) is 1. The summed E-state index contributed by atoms with van der Waals surface area (Å²) in [6.45, 7) is 2.85. The van der Waals surface area contributed by atoms with Crippen molar-refractivity contribution >= 4 is 35.0 Å². The van der Waals surface area contributed by atoms with E-state index in [-0.39, 0.29) is 5.91 Å². The molecule has 3 rings (SSSR count). The highest BCUT2D eigenvalue weighted by atomic mass is 35.5. The zero-order valence-electron chi connectivity index (χ0n) is 15.9. The first-order chi connectivity index (χ1) is 13.6. The zero-order valence-corrected chi connectivity index (χ0v) is 16.7. The van der Waals surface area contributed by atoms with Crippen LogP contribution < -0.4 is 19.7 Å². The summed E-state index contributed by atoms with van der Waals surface area (Å²) in [7, 11) is 3.14. The zero-order chi connectivity index (χ0) is 19.9. The van der Waals surface area contributed by atoms with Crippen molar-refractivity contribution in [3.05, 3.63) is 53.1 Å². The van der Waals surface area contributed by atoms with Crippen LogP contribution in [0.2, 0.25) is 5.02 Å². The fraction of sp³-hybridized carbons (Fsp3) is 0.286. The molecule has 28 heavy (non-hydrogen) atoms. The third kappa shape index (κ3) is 4.77. The van der Waals surface area contributed by atoms with Gasteiger partial charge in [-0.3, -0.25) is 4.79 Å². The van der Waals surface area contributed by atoms with Crippen molar-refractivity contribution in [2.24, 2.45) is 0 Å². The molecule has 0 aromatic heterocycles. The van der Waals surface area contributed by atoms with E-state index >= 15 is 0 Å². The van der Waals surface area contributed by atoms with Crippen LogP contribution in [-0.2, 0) is 9.53 Å². The molecule has 1 aliphatic rings. The van der Waals surface area contributed by atoms with Crippen LogP contribution in [0.25, 0.3) is 6.08 Å². The van der Waals surface area contributed by atoms with Crippen LogP contribution in [-0.4, -0.2) is 46.4 Å². The molecule has 0 spiro atoms.